The van der Waals surface area contributed by atoms with Crippen LogP contribution in [-0.4, -0.2) is 16.6 Å². The van der Waals surface area contributed by atoms with E-state index in [1.807, 2.05) is 13.8 Å². The third kappa shape index (κ3) is 2.19. The lowest BCUT2D eigenvalue weighted by atomic mass is 10.2. The minimum absolute atomic E-state index is 0.478. The smallest absolute Gasteiger partial charge is 0.138 e. The van der Waals surface area contributed by atoms with Gasteiger partial charge in [0.15, 0.2) is 0 Å². The van der Waals surface area contributed by atoms with E-state index in [0.717, 1.165) is 29.9 Å². The van der Waals surface area contributed by atoms with Crippen LogP contribution < -0.4 is 0 Å². The lowest BCUT2D eigenvalue weighted by Gasteiger charge is -2.11. The number of hydrogen-bond acceptors (Lipinski definition) is 3. The fraction of sp³-hybridized carbons (Fsp3) is 0.500. The van der Waals surface area contributed by atoms with Gasteiger partial charge in [0.05, 0.1) is 6.61 Å². The number of hydrogen-bond donors (Lipinski definition) is 0. The third-order valence-corrected chi connectivity index (χ3v) is 3.00. The monoisotopic (exact) mass is 238 g/mol. The molecule has 1 fully saturated rings. The Morgan fingerprint density at radius 3 is 2.75 bits per heavy atom. The Balaban J connectivity index is 2.37. The van der Waals surface area contributed by atoms with Crippen LogP contribution >= 0.6 is 11.6 Å². The van der Waals surface area contributed by atoms with Crippen molar-refractivity contribution >= 4 is 17.4 Å². The first kappa shape index (κ1) is 11.4. The summed E-state index contributed by atoms with van der Waals surface area (Å²) in [6, 6.07) is 0. The molecule has 0 aliphatic heterocycles. The molecule has 0 aromatic carbocycles. The second-order valence-electron chi connectivity index (χ2n) is 3.98. The van der Waals surface area contributed by atoms with E-state index in [9.17, 15) is 0 Å². The molecule has 0 amide bonds. The van der Waals surface area contributed by atoms with E-state index in [-0.39, 0.29) is 0 Å². The Bertz CT molecular complexity index is 427. The van der Waals surface area contributed by atoms with Crippen LogP contribution in [0.1, 0.15) is 42.8 Å². The van der Waals surface area contributed by atoms with Gasteiger partial charge in [-0.25, -0.2) is 9.97 Å². The summed E-state index contributed by atoms with van der Waals surface area (Å²) in [7, 11) is 0. The van der Waals surface area contributed by atoms with E-state index >= 15 is 0 Å². The van der Waals surface area contributed by atoms with Crippen molar-refractivity contribution in [3.05, 3.63) is 28.8 Å². The first-order valence-corrected chi connectivity index (χ1v) is 5.87. The van der Waals surface area contributed by atoms with E-state index in [4.69, 9.17) is 16.3 Å². The van der Waals surface area contributed by atoms with Crippen molar-refractivity contribution in [1.82, 2.24) is 9.97 Å². The predicted octanol–water partition coefficient (Wildman–Crippen LogP) is 3.32. The highest BCUT2D eigenvalue weighted by molar-refractivity contribution is 6.30. The molecule has 0 spiro atoms. The lowest BCUT2D eigenvalue weighted by Crippen LogP contribution is -2.03. The maximum Gasteiger partial charge on any atom is 0.138 e. The summed E-state index contributed by atoms with van der Waals surface area (Å²) in [5, 5.41) is 0.507. The predicted molar refractivity (Wildman–Crippen MR) is 64.4 cm³/mol. The van der Waals surface area contributed by atoms with E-state index in [0.29, 0.717) is 23.4 Å². The Kier molecular flexibility index (Phi) is 3.15. The standard InChI is InChI=1S/C12H15ClN2O/c1-4-16-8(3)10-7(2)11(13)15-12(14-10)9-5-6-9/h9H,3-6H2,1-2H3. The molecule has 0 atom stereocenters. The number of rotatable bonds is 4. The third-order valence-electron chi connectivity index (χ3n) is 2.63. The van der Waals surface area contributed by atoms with Gasteiger partial charge in [-0.2, -0.15) is 0 Å². The normalized spacial score (nSPS) is 14.9. The van der Waals surface area contributed by atoms with E-state index in [1.165, 1.54) is 0 Å². The summed E-state index contributed by atoms with van der Waals surface area (Å²) in [5.74, 6) is 1.88. The molecule has 1 saturated carbocycles. The van der Waals surface area contributed by atoms with Gasteiger partial charge in [0.25, 0.3) is 0 Å². The van der Waals surface area contributed by atoms with Crippen LogP contribution in [0.4, 0.5) is 0 Å². The first-order valence-electron chi connectivity index (χ1n) is 5.49. The summed E-state index contributed by atoms with van der Waals surface area (Å²) < 4.78 is 5.38. The molecule has 1 aliphatic carbocycles. The van der Waals surface area contributed by atoms with E-state index < -0.39 is 0 Å². The van der Waals surface area contributed by atoms with Crippen LogP contribution in [0.5, 0.6) is 0 Å². The lowest BCUT2D eigenvalue weighted by molar-refractivity contribution is 0.297. The molecule has 1 aromatic rings. The molecule has 3 nitrogen and oxygen atoms in total. The Morgan fingerprint density at radius 1 is 1.50 bits per heavy atom. The van der Waals surface area contributed by atoms with Gasteiger partial charge in [-0.05, 0) is 26.7 Å². The Morgan fingerprint density at radius 2 is 2.19 bits per heavy atom. The number of aromatic nitrogens is 2. The minimum Gasteiger partial charge on any atom is -0.492 e. The molecular weight excluding hydrogens is 224 g/mol. The maximum atomic E-state index is 6.09. The van der Waals surface area contributed by atoms with Crippen molar-refractivity contribution in [1.29, 1.82) is 0 Å². The van der Waals surface area contributed by atoms with Gasteiger partial charge in [0.1, 0.15) is 22.4 Å². The van der Waals surface area contributed by atoms with Crippen molar-refractivity contribution in [3.63, 3.8) is 0 Å². The van der Waals surface area contributed by atoms with Crippen molar-refractivity contribution in [2.45, 2.75) is 32.6 Å². The van der Waals surface area contributed by atoms with Gasteiger partial charge >= 0.3 is 0 Å². The van der Waals surface area contributed by atoms with Gasteiger partial charge in [-0.3, -0.25) is 0 Å². The second-order valence-corrected chi connectivity index (χ2v) is 4.33. The molecule has 0 saturated heterocycles. The van der Waals surface area contributed by atoms with Crippen LogP contribution in [0.15, 0.2) is 6.58 Å². The molecule has 1 heterocycles. The average Bonchev–Trinajstić information content (AvgIpc) is 3.05. The number of nitrogens with zero attached hydrogens (tertiary/aromatic N) is 2. The topological polar surface area (TPSA) is 35.0 Å². The van der Waals surface area contributed by atoms with Crippen molar-refractivity contribution in [2.75, 3.05) is 6.61 Å². The van der Waals surface area contributed by atoms with Crippen LogP contribution in [0.25, 0.3) is 5.76 Å². The quantitative estimate of drug-likeness (QED) is 0.596. The van der Waals surface area contributed by atoms with Gasteiger partial charge in [0, 0.05) is 11.5 Å². The maximum absolute atomic E-state index is 6.09. The number of ether oxygens (including phenoxy) is 1. The molecule has 2 rings (SSSR count). The van der Waals surface area contributed by atoms with E-state index in [1.54, 1.807) is 0 Å². The average molecular weight is 239 g/mol. The van der Waals surface area contributed by atoms with Gasteiger partial charge < -0.3 is 4.74 Å². The zero-order chi connectivity index (χ0) is 11.7. The van der Waals surface area contributed by atoms with E-state index in [2.05, 4.69) is 16.5 Å². The zero-order valence-corrected chi connectivity index (χ0v) is 10.3. The highest BCUT2D eigenvalue weighted by Crippen LogP contribution is 2.39. The largest absolute Gasteiger partial charge is 0.492 e. The summed E-state index contributed by atoms with van der Waals surface area (Å²) in [4.78, 5) is 8.79. The summed E-state index contributed by atoms with van der Waals surface area (Å²) in [6.45, 7) is 8.26. The second kappa shape index (κ2) is 4.42. The van der Waals surface area contributed by atoms with Crippen molar-refractivity contribution in [2.24, 2.45) is 0 Å². The minimum atomic E-state index is 0.478. The van der Waals surface area contributed by atoms with Gasteiger partial charge in [-0.15, -0.1) is 0 Å². The summed E-state index contributed by atoms with van der Waals surface area (Å²) in [5.41, 5.74) is 1.58. The Hall–Kier alpha value is -1.09. The fourth-order valence-corrected chi connectivity index (χ4v) is 1.72. The molecule has 4 heteroatoms. The molecule has 86 valence electrons. The molecule has 0 bridgehead atoms. The highest BCUT2D eigenvalue weighted by atomic mass is 35.5. The van der Waals surface area contributed by atoms with Crippen LogP contribution in [-0.2, 0) is 4.74 Å². The molecule has 0 radical (unpaired) electrons. The fourth-order valence-electron chi connectivity index (χ4n) is 1.54. The molecular formula is C12H15ClN2O. The first-order chi connectivity index (χ1) is 7.63. The van der Waals surface area contributed by atoms with Crippen molar-refractivity contribution in [3.8, 4) is 0 Å². The molecule has 16 heavy (non-hydrogen) atoms. The van der Waals surface area contributed by atoms with Gasteiger partial charge in [0.2, 0.25) is 0 Å². The molecule has 1 aromatic heterocycles. The molecule has 0 unspecified atom stereocenters. The molecule has 1 aliphatic rings. The number of halogens is 1. The van der Waals surface area contributed by atoms with Crippen LogP contribution in [0.3, 0.4) is 0 Å². The summed E-state index contributed by atoms with van der Waals surface area (Å²) >= 11 is 6.09. The van der Waals surface area contributed by atoms with Gasteiger partial charge in [-0.1, -0.05) is 18.2 Å². The highest BCUT2D eigenvalue weighted by Gasteiger charge is 2.28. The summed E-state index contributed by atoms with van der Waals surface area (Å²) in [6.07, 6.45) is 2.31. The van der Waals surface area contributed by atoms with Crippen molar-refractivity contribution < 1.29 is 4.74 Å². The zero-order valence-electron chi connectivity index (χ0n) is 9.59. The van der Waals surface area contributed by atoms with Crippen LogP contribution in [0, 0.1) is 6.92 Å². The Labute approximate surface area is 101 Å². The van der Waals surface area contributed by atoms with Crippen LogP contribution in [0.2, 0.25) is 5.15 Å². The molecule has 0 N–H and O–H groups in total. The SMILES string of the molecule is C=C(OCC)c1nc(C2CC2)nc(Cl)c1C.